The number of pyridine rings is 1. The number of benzene rings is 6. The summed E-state index contributed by atoms with van der Waals surface area (Å²) >= 11 is 0. The second-order valence-electron chi connectivity index (χ2n) is 11.6. The van der Waals surface area contributed by atoms with Crippen LogP contribution in [0, 0.1) is 0 Å². The van der Waals surface area contributed by atoms with Crippen LogP contribution in [0.4, 0.5) is 0 Å². The first-order valence-electron chi connectivity index (χ1n) is 15.3. The van der Waals surface area contributed by atoms with Gasteiger partial charge in [-0.2, -0.15) is 0 Å². The molecule has 8 aromatic rings. The van der Waals surface area contributed by atoms with E-state index in [4.69, 9.17) is 15.0 Å². The molecule has 0 atom stereocenters. The highest BCUT2D eigenvalue weighted by Crippen LogP contribution is 2.56. The van der Waals surface area contributed by atoms with E-state index in [1.807, 2.05) is 24.4 Å². The lowest BCUT2D eigenvalue weighted by Crippen LogP contribution is -2.28. The predicted molar refractivity (Wildman–Crippen MR) is 183 cm³/mol. The Labute approximate surface area is 261 Å². The Morgan fingerprint density at radius 1 is 0.467 bits per heavy atom. The number of hydrogen-bond donors (Lipinski definition) is 0. The third-order valence-corrected chi connectivity index (χ3v) is 9.21. The normalized spacial score (nSPS) is 13.1. The summed E-state index contributed by atoms with van der Waals surface area (Å²) < 4.78 is 0. The van der Waals surface area contributed by atoms with Gasteiger partial charge in [-0.15, -0.1) is 0 Å². The van der Waals surface area contributed by atoms with Crippen molar-refractivity contribution in [1.82, 2.24) is 15.0 Å². The molecule has 3 heteroatoms. The molecule has 0 bridgehead atoms. The molecule has 0 fully saturated rings. The summed E-state index contributed by atoms with van der Waals surface area (Å²) in [6.45, 7) is 0. The molecule has 210 valence electrons. The van der Waals surface area contributed by atoms with Crippen LogP contribution in [0.25, 0.3) is 55.6 Å². The van der Waals surface area contributed by atoms with Crippen LogP contribution >= 0.6 is 0 Å². The maximum absolute atomic E-state index is 5.31. The SMILES string of the molecule is c1ccc(C2(c3ccccc3)c3ccccc3-c3ccc(-c4nc(-c5cccc6cccnc56)c5ccccc5n4)cc32)cc1. The molecule has 1 aliphatic carbocycles. The maximum Gasteiger partial charge on any atom is 0.160 e. The second kappa shape index (κ2) is 10.1. The molecule has 45 heavy (non-hydrogen) atoms. The number of hydrogen-bond acceptors (Lipinski definition) is 3. The monoisotopic (exact) mass is 573 g/mol. The molecule has 6 aromatic carbocycles. The van der Waals surface area contributed by atoms with E-state index < -0.39 is 5.41 Å². The van der Waals surface area contributed by atoms with Gasteiger partial charge in [-0.05, 0) is 51.6 Å². The fourth-order valence-electron chi connectivity index (χ4n) is 7.29. The van der Waals surface area contributed by atoms with Gasteiger partial charge in [0.05, 0.1) is 22.1 Å². The average Bonchev–Trinajstić information content (AvgIpc) is 3.42. The molecule has 0 amide bonds. The first-order chi connectivity index (χ1) is 22.3. The first kappa shape index (κ1) is 25.6. The molecule has 2 heterocycles. The third kappa shape index (κ3) is 3.81. The lowest BCUT2D eigenvalue weighted by atomic mass is 9.67. The fraction of sp³-hybridized carbons (Fsp3) is 0.0238. The average molecular weight is 574 g/mol. The van der Waals surface area contributed by atoms with Crippen LogP contribution in [0.15, 0.2) is 164 Å². The molecule has 0 N–H and O–H groups in total. The Morgan fingerprint density at radius 2 is 1.13 bits per heavy atom. The predicted octanol–water partition coefficient (Wildman–Crippen LogP) is 9.88. The van der Waals surface area contributed by atoms with Gasteiger partial charge >= 0.3 is 0 Å². The van der Waals surface area contributed by atoms with Crippen LogP contribution in [0.1, 0.15) is 22.3 Å². The van der Waals surface area contributed by atoms with Crippen molar-refractivity contribution < 1.29 is 0 Å². The zero-order valence-electron chi connectivity index (χ0n) is 24.4. The van der Waals surface area contributed by atoms with Crippen molar-refractivity contribution in [3.63, 3.8) is 0 Å². The molecule has 0 saturated carbocycles. The van der Waals surface area contributed by atoms with Gasteiger partial charge < -0.3 is 0 Å². The second-order valence-corrected chi connectivity index (χ2v) is 11.6. The van der Waals surface area contributed by atoms with Crippen LogP contribution in [0.5, 0.6) is 0 Å². The third-order valence-electron chi connectivity index (χ3n) is 9.21. The van der Waals surface area contributed by atoms with Crippen LogP contribution in [-0.4, -0.2) is 15.0 Å². The summed E-state index contributed by atoms with van der Waals surface area (Å²) in [5.41, 5.74) is 11.7. The van der Waals surface area contributed by atoms with E-state index in [1.165, 1.54) is 33.4 Å². The quantitative estimate of drug-likeness (QED) is 0.210. The summed E-state index contributed by atoms with van der Waals surface area (Å²) in [6.07, 6.45) is 1.85. The van der Waals surface area contributed by atoms with Gasteiger partial charge in [-0.1, -0.05) is 140 Å². The van der Waals surface area contributed by atoms with Crippen LogP contribution < -0.4 is 0 Å². The molecular weight excluding hydrogens is 546 g/mol. The molecule has 0 radical (unpaired) electrons. The Hall–Kier alpha value is -5.93. The van der Waals surface area contributed by atoms with Gasteiger partial charge in [0, 0.05) is 28.1 Å². The Kier molecular flexibility index (Phi) is 5.72. The molecule has 0 aliphatic heterocycles. The number of para-hydroxylation sites is 2. The maximum atomic E-state index is 5.31. The van der Waals surface area contributed by atoms with Gasteiger partial charge in [0.25, 0.3) is 0 Å². The molecule has 0 saturated heterocycles. The molecule has 0 spiro atoms. The van der Waals surface area contributed by atoms with Crippen molar-refractivity contribution in [2.45, 2.75) is 5.41 Å². The summed E-state index contributed by atoms with van der Waals surface area (Å²) in [6, 6.07) is 56.0. The van der Waals surface area contributed by atoms with Crippen molar-refractivity contribution >= 4 is 21.8 Å². The fourth-order valence-corrected chi connectivity index (χ4v) is 7.29. The van der Waals surface area contributed by atoms with Crippen LogP contribution in [-0.2, 0) is 5.41 Å². The van der Waals surface area contributed by atoms with Gasteiger partial charge in [0.2, 0.25) is 0 Å². The highest BCUT2D eigenvalue weighted by Gasteiger charge is 2.46. The molecule has 2 aromatic heterocycles. The van der Waals surface area contributed by atoms with Crippen molar-refractivity contribution in [3.05, 3.63) is 186 Å². The van der Waals surface area contributed by atoms with E-state index in [9.17, 15) is 0 Å². The molecular formula is C42H27N3. The zero-order valence-corrected chi connectivity index (χ0v) is 24.4. The van der Waals surface area contributed by atoms with Crippen molar-refractivity contribution in [3.8, 4) is 33.8 Å². The van der Waals surface area contributed by atoms with Gasteiger partial charge in [0.1, 0.15) is 0 Å². The largest absolute Gasteiger partial charge is 0.256 e. The van der Waals surface area contributed by atoms with Crippen molar-refractivity contribution in [2.75, 3.05) is 0 Å². The smallest absolute Gasteiger partial charge is 0.160 e. The Bertz CT molecular complexity index is 2330. The number of nitrogens with zero attached hydrogens (tertiary/aromatic N) is 3. The minimum atomic E-state index is -0.482. The van der Waals surface area contributed by atoms with E-state index >= 15 is 0 Å². The van der Waals surface area contributed by atoms with Gasteiger partial charge in [-0.25, -0.2) is 9.97 Å². The molecule has 3 nitrogen and oxygen atoms in total. The molecule has 9 rings (SSSR count). The molecule has 1 aliphatic rings. The lowest BCUT2D eigenvalue weighted by molar-refractivity contribution is 0.768. The van der Waals surface area contributed by atoms with E-state index in [1.54, 1.807) is 0 Å². The minimum Gasteiger partial charge on any atom is -0.256 e. The van der Waals surface area contributed by atoms with E-state index in [-0.39, 0.29) is 0 Å². The van der Waals surface area contributed by atoms with Crippen molar-refractivity contribution in [2.24, 2.45) is 0 Å². The summed E-state index contributed by atoms with van der Waals surface area (Å²) in [5, 5.41) is 2.10. The highest BCUT2D eigenvalue weighted by molar-refractivity contribution is 6.02. The van der Waals surface area contributed by atoms with Gasteiger partial charge in [-0.3, -0.25) is 4.98 Å². The lowest BCUT2D eigenvalue weighted by Gasteiger charge is -2.34. The van der Waals surface area contributed by atoms with Crippen LogP contribution in [0.3, 0.4) is 0 Å². The van der Waals surface area contributed by atoms with Gasteiger partial charge in [0.15, 0.2) is 5.82 Å². The number of aromatic nitrogens is 3. The summed E-state index contributed by atoms with van der Waals surface area (Å²) in [4.78, 5) is 15.2. The first-order valence-corrected chi connectivity index (χ1v) is 15.3. The Morgan fingerprint density at radius 3 is 1.96 bits per heavy atom. The van der Waals surface area contributed by atoms with E-state index in [0.717, 1.165) is 38.6 Å². The van der Waals surface area contributed by atoms with E-state index in [2.05, 4.69) is 140 Å². The zero-order chi connectivity index (χ0) is 29.8. The molecule has 0 unspecified atom stereocenters. The minimum absolute atomic E-state index is 0.482. The standard InChI is InChI=1S/C42H27N3/c1-3-15-30(16-4-1)42(31-17-5-2-6-18-31)36-22-9-7-19-32(36)33-25-24-29(27-37(33)42)41-44-38-23-10-8-20-34(38)40(45-41)35-21-11-13-28-14-12-26-43-39(28)35/h1-27H. The summed E-state index contributed by atoms with van der Waals surface area (Å²) in [7, 11) is 0. The topological polar surface area (TPSA) is 38.7 Å². The van der Waals surface area contributed by atoms with Crippen LogP contribution in [0.2, 0.25) is 0 Å². The van der Waals surface area contributed by atoms with Crippen molar-refractivity contribution in [1.29, 1.82) is 0 Å². The summed E-state index contributed by atoms with van der Waals surface area (Å²) in [5.74, 6) is 0.699. The number of fused-ring (bicyclic) bond motifs is 5. The number of rotatable bonds is 4. The Balaban J connectivity index is 1.33. The van der Waals surface area contributed by atoms with E-state index in [0.29, 0.717) is 5.82 Å². The highest BCUT2D eigenvalue weighted by atomic mass is 14.9.